The molecule has 148 valence electrons. The third-order valence-electron chi connectivity index (χ3n) is 4.67. The fourth-order valence-corrected chi connectivity index (χ4v) is 3.34. The topological polar surface area (TPSA) is 59.5 Å². The van der Waals surface area contributed by atoms with Crippen molar-refractivity contribution in [3.05, 3.63) is 102 Å². The minimum atomic E-state index is -0.550. The van der Waals surface area contributed by atoms with Gasteiger partial charge in [-0.3, -0.25) is 14.7 Å². The number of rotatable bonds is 5. The van der Waals surface area contributed by atoms with Crippen molar-refractivity contribution in [1.82, 2.24) is 4.98 Å². The Morgan fingerprint density at radius 1 is 0.833 bits per heavy atom. The first-order valence-electron chi connectivity index (χ1n) is 9.60. The van der Waals surface area contributed by atoms with Gasteiger partial charge in [0, 0.05) is 22.5 Å². The van der Waals surface area contributed by atoms with Gasteiger partial charge in [-0.25, -0.2) is 4.79 Å². The van der Waals surface area contributed by atoms with Gasteiger partial charge in [0.15, 0.2) is 6.61 Å². The van der Waals surface area contributed by atoms with Gasteiger partial charge in [0.05, 0.1) is 11.1 Å². The Bertz CT molecular complexity index is 1150. The molecule has 1 aromatic heterocycles. The van der Waals surface area contributed by atoms with Crippen LogP contribution >= 0.6 is 0 Å². The lowest BCUT2D eigenvalue weighted by molar-refractivity contribution is -0.120. The molecule has 0 bridgehead atoms. The van der Waals surface area contributed by atoms with Gasteiger partial charge in [0.2, 0.25) is 0 Å². The van der Waals surface area contributed by atoms with Crippen LogP contribution in [0.3, 0.4) is 0 Å². The second-order valence-corrected chi connectivity index (χ2v) is 6.80. The number of amides is 1. The minimum absolute atomic E-state index is 0.337. The Morgan fingerprint density at radius 2 is 1.40 bits per heavy atom. The van der Waals surface area contributed by atoms with Gasteiger partial charge in [-0.15, -0.1) is 0 Å². The van der Waals surface area contributed by atoms with E-state index in [1.54, 1.807) is 11.0 Å². The number of hydrogen-bond acceptors (Lipinski definition) is 4. The van der Waals surface area contributed by atoms with Gasteiger partial charge in [0.1, 0.15) is 0 Å². The average molecular weight is 396 g/mol. The van der Waals surface area contributed by atoms with Crippen LogP contribution in [0.5, 0.6) is 0 Å². The molecule has 1 heterocycles. The minimum Gasteiger partial charge on any atom is -0.452 e. The Balaban J connectivity index is 1.58. The highest BCUT2D eigenvalue weighted by atomic mass is 16.5. The molecule has 0 aliphatic carbocycles. The molecule has 4 rings (SSSR count). The lowest BCUT2D eigenvalue weighted by atomic mass is 10.1. The fraction of sp³-hybridized carbons (Fsp3) is 0.0800. The number of fused-ring (bicyclic) bond motifs is 1. The van der Waals surface area contributed by atoms with Crippen LogP contribution in [0.1, 0.15) is 16.1 Å². The normalized spacial score (nSPS) is 10.6. The zero-order valence-electron chi connectivity index (χ0n) is 16.5. The average Bonchev–Trinajstić information content (AvgIpc) is 2.78. The van der Waals surface area contributed by atoms with E-state index < -0.39 is 5.97 Å². The number of pyridine rings is 1. The number of carbonyl (C=O) groups excluding carboxylic acids is 2. The van der Waals surface area contributed by atoms with E-state index >= 15 is 0 Å². The van der Waals surface area contributed by atoms with Gasteiger partial charge >= 0.3 is 5.97 Å². The lowest BCUT2D eigenvalue weighted by Gasteiger charge is -2.23. The molecule has 0 radical (unpaired) electrons. The van der Waals surface area contributed by atoms with Crippen LogP contribution in [0.25, 0.3) is 10.9 Å². The molecule has 5 nitrogen and oxygen atoms in total. The van der Waals surface area contributed by atoms with Crippen molar-refractivity contribution in [3.63, 3.8) is 0 Å². The van der Waals surface area contributed by atoms with Gasteiger partial charge in [-0.05, 0) is 43.3 Å². The Labute approximate surface area is 174 Å². The van der Waals surface area contributed by atoms with Gasteiger partial charge in [0.25, 0.3) is 5.91 Å². The number of benzene rings is 3. The van der Waals surface area contributed by atoms with Crippen LogP contribution in [0.15, 0.2) is 91.0 Å². The van der Waals surface area contributed by atoms with Crippen molar-refractivity contribution in [1.29, 1.82) is 0 Å². The number of anilines is 2. The lowest BCUT2D eigenvalue weighted by Crippen LogP contribution is -2.30. The molecule has 0 fully saturated rings. The molecule has 0 aliphatic heterocycles. The summed E-state index contributed by atoms with van der Waals surface area (Å²) in [6.45, 7) is 1.44. The van der Waals surface area contributed by atoms with Crippen LogP contribution < -0.4 is 4.90 Å². The largest absolute Gasteiger partial charge is 0.452 e. The molecule has 0 aliphatic rings. The summed E-state index contributed by atoms with van der Waals surface area (Å²) in [5.74, 6) is -0.887. The molecular formula is C25H20N2O3. The molecule has 1 amide bonds. The summed E-state index contributed by atoms with van der Waals surface area (Å²) in [5.41, 5.74) is 3.23. The zero-order chi connectivity index (χ0) is 20.9. The van der Waals surface area contributed by atoms with Crippen molar-refractivity contribution >= 4 is 34.2 Å². The summed E-state index contributed by atoms with van der Waals surface area (Å²) < 4.78 is 5.42. The quantitative estimate of drug-likeness (QED) is 0.442. The monoisotopic (exact) mass is 396 g/mol. The summed E-state index contributed by atoms with van der Waals surface area (Å²) in [6.07, 6.45) is 0. The smallest absolute Gasteiger partial charge is 0.339 e. The Morgan fingerprint density at radius 3 is 2.03 bits per heavy atom. The first kappa shape index (κ1) is 19.3. The van der Waals surface area contributed by atoms with Crippen molar-refractivity contribution in [3.8, 4) is 0 Å². The number of carbonyl (C=O) groups is 2. The molecular weight excluding hydrogens is 376 g/mol. The van der Waals surface area contributed by atoms with E-state index in [1.165, 1.54) is 0 Å². The van der Waals surface area contributed by atoms with E-state index in [0.29, 0.717) is 33.5 Å². The summed E-state index contributed by atoms with van der Waals surface area (Å²) in [6, 6.07) is 27.6. The van der Waals surface area contributed by atoms with Crippen LogP contribution in [0.2, 0.25) is 0 Å². The summed E-state index contributed by atoms with van der Waals surface area (Å²) in [4.78, 5) is 31.8. The molecule has 0 saturated heterocycles. The summed E-state index contributed by atoms with van der Waals surface area (Å²) in [5, 5.41) is 0.698. The maximum atomic E-state index is 13.0. The first-order valence-corrected chi connectivity index (χ1v) is 9.60. The third kappa shape index (κ3) is 4.05. The molecule has 0 spiro atoms. The maximum absolute atomic E-state index is 13.0. The molecule has 5 heteroatoms. The van der Waals surface area contributed by atoms with Crippen LogP contribution in [0.4, 0.5) is 11.4 Å². The maximum Gasteiger partial charge on any atom is 0.339 e. The van der Waals surface area contributed by atoms with Crippen LogP contribution in [-0.2, 0) is 9.53 Å². The Kier molecular flexibility index (Phi) is 5.52. The van der Waals surface area contributed by atoms with Gasteiger partial charge in [-0.2, -0.15) is 0 Å². The van der Waals surface area contributed by atoms with E-state index in [-0.39, 0.29) is 12.5 Å². The molecule has 3 aromatic carbocycles. The summed E-state index contributed by atoms with van der Waals surface area (Å²) in [7, 11) is 0. The van der Waals surface area contributed by atoms with Crippen molar-refractivity contribution in [2.45, 2.75) is 6.92 Å². The molecule has 0 saturated carbocycles. The Hall–Kier alpha value is -3.99. The number of ether oxygens (including phenoxy) is 1. The first-order chi connectivity index (χ1) is 14.6. The van der Waals surface area contributed by atoms with Gasteiger partial charge < -0.3 is 4.74 Å². The highest BCUT2D eigenvalue weighted by molar-refractivity contribution is 6.06. The SMILES string of the molecule is Cc1cc(C(=O)OCC(=O)N(c2ccccc2)c2ccccc2)c2ccccc2n1. The third-order valence-corrected chi connectivity index (χ3v) is 4.67. The van der Waals surface area contributed by atoms with E-state index in [4.69, 9.17) is 4.74 Å². The fourth-order valence-electron chi connectivity index (χ4n) is 3.34. The number of nitrogens with zero attached hydrogens (tertiary/aromatic N) is 2. The van der Waals surface area contributed by atoms with E-state index in [0.717, 1.165) is 0 Å². The van der Waals surface area contributed by atoms with E-state index in [1.807, 2.05) is 91.9 Å². The van der Waals surface area contributed by atoms with E-state index in [2.05, 4.69) is 4.98 Å². The van der Waals surface area contributed by atoms with Gasteiger partial charge in [-0.1, -0.05) is 54.6 Å². The predicted octanol–water partition coefficient (Wildman–Crippen LogP) is 5.06. The molecule has 30 heavy (non-hydrogen) atoms. The second-order valence-electron chi connectivity index (χ2n) is 6.80. The zero-order valence-corrected chi connectivity index (χ0v) is 16.5. The van der Waals surface area contributed by atoms with E-state index in [9.17, 15) is 9.59 Å². The number of para-hydroxylation sites is 3. The number of aromatic nitrogens is 1. The standard InChI is InChI=1S/C25H20N2O3/c1-18-16-22(21-14-8-9-15-23(21)26-18)25(29)30-17-24(28)27(19-10-4-2-5-11-19)20-12-6-3-7-13-20/h2-16H,17H2,1H3. The van der Waals surface area contributed by atoms with Crippen LogP contribution in [-0.4, -0.2) is 23.5 Å². The highest BCUT2D eigenvalue weighted by Crippen LogP contribution is 2.25. The number of aryl methyl sites for hydroxylation is 1. The van der Waals surface area contributed by atoms with Crippen molar-refractivity contribution < 1.29 is 14.3 Å². The van der Waals surface area contributed by atoms with Crippen molar-refractivity contribution in [2.24, 2.45) is 0 Å². The molecule has 0 N–H and O–H groups in total. The van der Waals surface area contributed by atoms with Crippen LogP contribution in [0, 0.1) is 6.92 Å². The molecule has 0 unspecified atom stereocenters. The molecule has 4 aromatic rings. The number of hydrogen-bond donors (Lipinski definition) is 0. The molecule has 0 atom stereocenters. The number of esters is 1. The van der Waals surface area contributed by atoms with Crippen molar-refractivity contribution in [2.75, 3.05) is 11.5 Å². The highest BCUT2D eigenvalue weighted by Gasteiger charge is 2.21. The second kappa shape index (κ2) is 8.57. The summed E-state index contributed by atoms with van der Waals surface area (Å²) >= 11 is 0. The predicted molar refractivity (Wildman–Crippen MR) is 117 cm³/mol.